The Morgan fingerprint density at radius 1 is 1.47 bits per heavy atom. The predicted octanol–water partition coefficient (Wildman–Crippen LogP) is 1.51. The summed E-state index contributed by atoms with van der Waals surface area (Å²) >= 11 is 0. The number of hydrogen-bond donors (Lipinski definition) is 3. The van der Waals surface area contributed by atoms with Gasteiger partial charge in [0.2, 0.25) is 5.91 Å². The first kappa shape index (κ1) is 16.0. The maximum absolute atomic E-state index is 11.5. The lowest BCUT2D eigenvalue weighted by molar-refractivity contribution is -0.149. The highest BCUT2D eigenvalue weighted by Gasteiger charge is 2.43. The minimum Gasteiger partial charge on any atom is -0.481 e. The molecule has 0 aromatic carbocycles. The molecule has 4 N–H and O–H groups in total. The zero-order valence-electron chi connectivity index (χ0n) is 11.9. The summed E-state index contributed by atoms with van der Waals surface area (Å²) < 4.78 is 0. The van der Waals surface area contributed by atoms with Gasteiger partial charge in [-0.15, -0.1) is 0 Å². The van der Waals surface area contributed by atoms with Crippen molar-refractivity contribution >= 4 is 11.9 Å². The molecule has 0 aliphatic heterocycles. The Morgan fingerprint density at radius 3 is 2.63 bits per heavy atom. The van der Waals surface area contributed by atoms with Crippen LogP contribution in [-0.2, 0) is 9.59 Å². The van der Waals surface area contributed by atoms with E-state index in [1.54, 1.807) is 0 Å². The van der Waals surface area contributed by atoms with Gasteiger partial charge in [0.25, 0.3) is 0 Å². The molecule has 19 heavy (non-hydrogen) atoms. The molecule has 5 nitrogen and oxygen atoms in total. The number of carboxylic acids is 1. The van der Waals surface area contributed by atoms with E-state index in [1.165, 1.54) is 6.92 Å². The van der Waals surface area contributed by atoms with Crippen LogP contribution in [-0.4, -0.2) is 29.6 Å². The van der Waals surface area contributed by atoms with Crippen molar-refractivity contribution in [2.45, 2.75) is 58.4 Å². The van der Waals surface area contributed by atoms with Crippen LogP contribution in [0, 0.1) is 11.3 Å². The van der Waals surface area contributed by atoms with E-state index >= 15 is 0 Å². The number of carboxylic acid groups (broad SMARTS) is 1. The quantitative estimate of drug-likeness (QED) is 0.654. The summed E-state index contributed by atoms with van der Waals surface area (Å²) in [5.74, 6) is -0.301. The third-order valence-corrected chi connectivity index (χ3v) is 4.23. The van der Waals surface area contributed by atoms with Crippen LogP contribution in [0.4, 0.5) is 0 Å². The highest BCUT2D eigenvalue weighted by molar-refractivity contribution is 5.75. The molecule has 0 radical (unpaired) electrons. The summed E-state index contributed by atoms with van der Waals surface area (Å²) in [5, 5.41) is 12.2. The second-order valence-electron chi connectivity index (χ2n) is 6.00. The molecule has 0 aromatic heterocycles. The van der Waals surface area contributed by atoms with E-state index in [0.29, 0.717) is 31.7 Å². The van der Waals surface area contributed by atoms with Crippen molar-refractivity contribution in [2.75, 3.05) is 6.54 Å². The second-order valence-corrected chi connectivity index (χ2v) is 6.00. The van der Waals surface area contributed by atoms with E-state index in [2.05, 4.69) is 12.2 Å². The Bertz CT molecular complexity index is 333. The number of rotatable bonds is 7. The van der Waals surface area contributed by atoms with Gasteiger partial charge in [0.05, 0.1) is 5.41 Å². The highest BCUT2D eigenvalue weighted by atomic mass is 16.4. The molecule has 0 saturated heterocycles. The molecular formula is C14H26N2O3. The molecule has 110 valence electrons. The first-order valence-electron chi connectivity index (χ1n) is 7.09. The molecule has 0 spiro atoms. The van der Waals surface area contributed by atoms with E-state index in [9.17, 15) is 14.7 Å². The average Bonchev–Trinajstić information content (AvgIpc) is 2.69. The molecule has 1 saturated carbocycles. The summed E-state index contributed by atoms with van der Waals surface area (Å²) in [6.45, 7) is 4.27. The Kier molecular flexibility index (Phi) is 5.79. The third-order valence-electron chi connectivity index (χ3n) is 4.23. The van der Waals surface area contributed by atoms with Gasteiger partial charge in [0.1, 0.15) is 0 Å². The topological polar surface area (TPSA) is 92.4 Å². The van der Waals surface area contributed by atoms with Gasteiger partial charge >= 0.3 is 5.97 Å². The van der Waals surface area contributed by atoms with Gasteiger partial charge < -0.3 is 16.2 Å². The van der Waals surface area contributed by atoms with E-state index < -0.39 is 11.4 Å². The van der Waals surface area contributed by atoms with Gasteiger partial charge in [-0.2, -0.15) is 0 Å². The molecule has 1 aliphatic rings. The Balaban J connectivity index is 2.36. The SMILES string of the molecule is CC(=O)NCC[C@@H](C)CCC1(C(=O)O)CCC(N)C1. The fourth-order valence-electron chi connectivity index (χ4n) is 2.86. The molecule has 5 heteroatoms. The van der Waals surface area contributed by atoms with Crippen molar-refractivity contribution in [1.82, 2.24) is 5.32 Å². The summed E-state index contributed by atoms with van der Waals surface area (Å²) in [6, 6.07) is 0.0331. The average molecular weight is 270 g/mol. The Hall–Kier alpha value is -1.10. The van der Waals surface area contributed by atoms with Crippen LogP contribution in [0.1, 0.15) is 52.4 Å². The van der Waals surface area contributed by atoms with Crippen LogP contribution in [0.25, 0.3) is 0 Å². The number of aliphatic carboxylic acids is 1. The van der Waals surface area contributed by atoms with Gasteiger partial charge in [-0.05, 0) is 44.4 Å². The van der Waals surface area contributed by atoms with E-state index in [-0.39, 0.29) is 11.9 Å². The first-order valence-corrected chi connectivity index (χ1v) is 7.09. The van der Waals surface area contributed by atoms with Crippen molar-refractivity contribution < 1.29 is 14.7 Å². The summed E-state index contributed by atoms with van der Waals surface area (Å²) in [6.07, 6.45) is 4.56. The molecule has 1 amide bonds. The number of carbonyl (C=O) groups is 2. The summed E-state index contributed by atoms with van der Waals surface area (Å²) in [7, 11) is 0. The van der Waals surface area contributed by atoms with Crippen molar-refractivity contribution in [3.8, 4) is 0 Å². The maximum atomic E-state index is 11.5. The van der Waals surface area contributed by atoms with Crippen LogP contribution in [0.3, 0.4) is 0 Å². The van der Waals surface area contributed by atoms with Crippen molar-refractivity contribution in [3.63, 3.8) is 0 Å². The summed E-state index contributed by atoms with van der Waals surface area (Å²) in [5.41, 5.74) is 5.25. The second kappa shape index (κ2) is 6.89. The van der Waals surface area contributed by atoms with Crippen molar-refractivity contribution in [3.05, 3.63) is 0 Å². The molecule has 2 unspecified atom stereocenters. The summed E-state index contributed by atoms with van der Waals surface area (Å²) in [4.78, 5) is 22.2. The number of nitrogens with one attached hydrogen (secondary N) is 1. The molecule has 3 atom stereocenters. The molecule has 1 fully saturated rings. The first-order chi connectivity index (χ1) is 8.85. The van der Waals surface area contributed by atoms with Crippen LogP contribution < -0.4 is 11.1 Å². The third kappa shape index (κ3) is 4.82. The van der Waals surface area contributed by atoms with Gasteiger partial charge in [0, 0.05) is 19.5 Å². The van der Waals surface area contributed by atoms with Gasteiger partial charge in [0.15, 0.2) is 0 Å². The largest absolute Gasteiger partial charge is 0.481 e. The van der Waals surface area contributed by atoms with Crippen molar-refractivity contribution in [1.29, 1.82) is 0 Å². The smallest absolute Gasteiger partial charge is 0.309 e. The van der Waals surface area contributed by atoms with E-state index in [0.717, 1.165) is 19.3 Å². The Labute approximate surface area is 114 Å². The fraction of sp³-hybridized carbons (Fsp3) is 0.857. The fourth-order valence-corrected chi connectivity index (χ4v) is 2.86. The van der Waals surface area contributed by atoms with Gasteiger partial charge in [-0.1, -0.05) is 6.92 Å². The molecule has 1 aliphatic carbocycles. The Morgan fingerprint density at radius 2 is 2.16 bits per heavy atom. The zero-order chi connectivity index (χ0) is 14.5. The minimum absolute atomic E-state index is 0.0176. The molecule has 0 bridgehead atoms. The van der Waals surface area contributed by atoms with Gasteiger partial charge in [-0.25, -0.2) is 0 Å². The van der Waals surface area contributed by atoms with E-state index in [1.807, 2.05) is 0 Å². The van der Waals surface area contributed by atoms with Crippen LogP contribution in [0.15, 0.2) is 0 Å². The standard InChI is InChI=1S/C14H26N2O3/c1-10(5-8-16-11(2)17)3-6-14(13(18)19)7-4-12(15)9-14/h10,12H,3-9,15H2,1-2H3,(H,16,17)(H,18,19)/t10-,12?,14?/m0/s1. The monoisotopic (exact) mass is 270 g/mol. The normalized spacial score (nSPS) is 28.1. The molecule has 1 rings (SSSR count). The van der Waals surface area contributed by atoms with Crippen LogP contribution in [0.2, 0.25) is 0 Å². The molecule has 0 aromatic rings. The lowest BCUT2D eigenvalue weighted by Gasteiger charge is -2.25. The van der Waals surface area contributed by atoms with Gasteiger partial charge in [-0.3, -0.25) is 9.59 Å². The lowest BCUT2D eigenvalue weighted by Crippen LogP contribution is -2.31. The number of amides is 1. The number of hydrogen-bond acceptors (Lipinski definition) is 3. The van der Waals surface area contributed by atoms with E-state index in [4.69, 9.17) is 5.73 Å². The molecular weight excluding hydrogens is 244 g/mol. The van der Waals surface area contributed by atoms with Crippen LogP contribution in [0.5, 0.6) is 0 Å². The highest BCUT2D eigenvalue weighted by Crippen LogP contribution is 2.42. The maximum Gasteiger partial charge on any atom is 0.309 e. The lowest BCUT2D eigenvalue weighted by atomic mass is 9.79. The minimum atomic E-state index is -0.700. The molecule has 0 heterocycles. The predicted molar refractivity (Wildman–Crippen MR) is 73.6 cm³/mol. The number of nitrogens with two attached hydrogens (primary N) is 1. The van der Waals surface area contributed by atoms with Crippen LogP contribution >= 0.6 is 0 Å². The number of carbonyl (C=O) groups excluding carboxylic acids is 1. The zero-order valence-corrected chi connectivity index (χ0v) is 11.9. The van der Waals surface area contributed by atoms with Crippen molar-refractivity contribution in [2.24, 2.45) is 17.1 Å².